The number of ketones is 1. The van der Waals surface area contributed by atoms with Gasteiger partial charge in [0.15, 0.2) is 5.78 Å². The molecule has 2 rings (SSSR count). The molecule has 1 heterocycles. The predicted octanol–water partition coefficient (Wildman–Crippen LogP) is 2.23. The van der Waals surface area contributed by atoms with E-state index in [1.165, 1.54) is 25.1 Å². The van der Waals surface area contributed by atoms with Crippen molar-refractivity contribution in [1.82, 2.24) is 9.78 Å². The third kappa shape index (κ3) is 2.44. The number of carbonyl (C=O) groups is 1. The van der Waals surface area contributed by atoms with Gasteiger partial charge in [0.1, 0.15) is 11.4 Å². The summed E-state index contributed by atoms with van der Waals surface area (Å²) in [5, 5.41) is 13.9. The molecule has 4 nitrogen and oxygen atoms in total. The first-order chi connectivity index (χ1) is 8.00. The summed E-state index contributed by atoms with van der Waals surface area (Å²) in [5.41, 5.74) is 0.951. The van der Waals surface area contributed by atoms with E-state index in [2.05, 4.69) is 5.10 Å². The molecule has 1 aromatic carbocycles. The molecular weight excluding hydrogens is 278 g/mol. The number of hydrogen-bond acceptors (Lipinski definition) is 3. The van der Waals surface area contributed by atoms with E-state index in [-0.39, 0.29) is 34.3 Å². The Morgan fingerprint density at radius 1 is 1.44 bits per heavy atom. The second kappa shape index (κ2) is 5.33. The molecule has 0 atom stereocenters. The second-order valence-corrected chi connectivity index (χ2v) is 3.73. The molecular formula is C12H11FMnN2O2. The third-order valence-corrected chi connectivity index (χ3v) is 2.44. The summed E-state index contributed by atoms with van der Waals surface area (Å²) in [6.07, 6.45) is 0. The molecule has 6 heteroatoms. The molecule has 1 N–H and O–H groups in total. The van der Waals surface area contributed by atoms with E-state index >= 15 is 0 Å². The van der Waals surface area contributed by atoms with E-state index in [9.17, 15) is 14.3 Å². The molecule has 0 fully saturated rings. The van der Waals surface area contributed by atoms with Gasteiger partial charge in [-0.2, -0.15) is 5.10 Å². The zero-order chi connectivity index (χ0) is 12.6. The van der Waals surface area contributed by atoms with E-state index in [0.29, 0.717) is 11.4 Å². The van der Waals surface area contributed by atoms with Crippen molar-refractivity contribution in [3.63, 3.8) is 0 Å². The summed E-state index contributed by atoms with van der Waals surface area (Å²) < 4.78 is 14.2. The number of Topliss-reactive ketones (excluding diaryl/α,β-unsaturated/α-hetero) is 1. The first-order valence-electron chi connectivity index (χ1n) is 5.06. The van der Waals surface area contributed by atoms with E-state index in [4.69, 9.17) is 0 Å². The van der Waals surface area contributed by atoms with Crippen LogP contribution in [-0.2, 0) is 17.1 Å². The van der Waals surface area contributed by atoms with Gasteiger partial charge in [0, 0.05) is 17.1 Å². The quantitative estimate of drug-likeness (QED) is 0.681. The summed E-state index contributed by atoms with van der Waals surface area (Å²) >= 11 is 0. The molecule has 0 bridgehead atoms. The predicted molar refractivity (Wildman–Crippen MR) is 59.9 cm³/mol. The molecule has 0 aliphatic carbocycles. The van der Waals surface area contributed by atoms with Gasteiger partial charge in [-0.1, -0.05) is 6.07 Å². The Balaban J connectivity index is 0.00000162. The van der Waals surface area contributed by atoms with Crippen LogP contribution in [0.25, 0.3) is 5.69 Å². The molecule has 0 saturated heterocycles. The van der Waals surface area contributed by atoms with Gasteiger partial charge in [-0.15, -0.1) is 0 Å². The molecule has 95 valence electrons. The Labute approximate surface area is 114 Å². The van der Waals surface area contributed by atoms with Gasteiger partial charge in [-0.3, -0.25) is 4.79 Å². The summed E-state index contributed by atoms with van der Waals surface area (Å²) in [5.74, 6) is -0.970. The van der Waals surface area contributed by atoms with E-state index in [0.717, 1.165) is 4.68 Å². The normalized spacial score (nSPS) is 9.94. The maximum absolute atomic E-state index is 13.1. The van der Waals surface area contributed by atoms with Crippen molar-refractivity contribution in [3.8, 4) is 11.6 Å². The molecule has 0 spiro atoms. The van der Waals surface area contributed by atoms with Crippen LogP contribution in [0.1, 0.15) is 23.0 Å². The van der Waals surface area contributed by atoms with Crippen molar-refractivity contribution in [2.45, 2.75) is 13.8 Å². The first-order valence-corrected chi connectivity index (χ1v) is 5.06. The standard InChI is InChI=1S/C12H11FN2O2.Mn/c1-7-11(8(2)16)12(17)15(14-7)10-5-3-4-9(13)6-10;/h3-6,17H,1-2H3;. The fourth-order valence-corrected chi connectivity index (χ4v) is 1.72. The number of nitrogens with zero attached hydrogens (tertiary/aromatic N) is 2. The number of aryl methyl sites for hydroxylation is 1. The first kappa shape index (κ1) is 14.4. The van der Waals surface area contributed by atoms with Crippen LogP contribution in [0.4, 0.5) is 4.39 Å². The summed E-state index contributed by atoms with van der Waals surface area (Å²) in [4.78, 5) is 11.3. The van der Waals surface area contributed by atoms with E-state index in [1.807, 2.05) is 0 Å². The fraction of sp³-hybridized carbons (Fsp3) is 0.167. The van der Waals surface area contributed by atoms with Gasteiger partial charge in [0.25, 0.3) is 0 Å². The molecule has 2 aromatic rings. The monoisotopic (exact) mass is 289 g/mol. The Bertz CT molecular complexity index is 596. The van der Waals surface area contributed by atoms with Crippen LogP contribution in [0.3, 0.4) is 0 Å². The van der Waals surface area contributed by atoms with Crippen LogP contribution < -0.4 is 0 Å². The summed E-state index contributed by atoms with van der Waals surface area (Å²) in [6.45, 7) is 2.96. The molecule has 0 aliphatic rings. The minimum absolute atomic E-state index is 0. The van der Waals surface area contributed by atoms with E-state index < -0.39 is 5.82 Å². The van der Waals surface area contributed by atoms with Crippen LogP contribution in [0, 0.1) is 12.7 Å². The topological polar surface area (TPSA) is 55.1 Å². The minimum Gasteiger partial charge on any atom is -0.493 e. The Morgan fingerprint density at radius 2 is 2.11 bits per heavy atom. The van der Waals surface area contributed by atoms with Crippen molar-refractivity contribution in [2.24, 2.45) is 0 Å². The molecule has 0 amide bonds. The van der Waals surface area contributed by atoms with Crippen molar-refractivity contribution < 1.29 is 31.4 Å². The molecule has 0 unspecified atom stereocenters. The smallest absolute Gasteiger partial charge is 0.225 e. The third-order valence-electron chi connectivity index (χ3n) is 2.44. The second-order valence-electron chi connectivity index (χ2n) is 3.73. The Kier molecular flexibility index (Phi) is 4.27. The largest absolute Gasteiger partial charge is 0.493 e. The number of aromatic hydroxyl groups is 1. The fourth-order valence-electron chi connectivity index (χ4n) is 1.72. The van der Waals surface area contributed by atoms with Gasteiger partial charge < -0.3 is 5.11 Å². The van der Waals surface area contributed by atoms with Crippen LogP contribution >= 0.6 is 0 Å². The zero-order valence-electron chi connectivity index (χ0n) is 9.82. The van der Waals surface area contributed by atoms with Crippen molar-refractivity contribution in [1.29, 1.82) is 0 Å². The van der Waals surface area contributed by atoms with Crippen LogP contribution in [0.2, 0.25) is 0 Å². The minimum atomic E-state index is -0.431. The maximum Gasteiger partial charge on any atom is 0.225 e. The molecule has 18 heavy (non-hydrogen) atoms. The van der Waals surface area contributed by atoms with Gasteiger partial charge in [0.05, 0.1) is 11.4 Å². The Morgan fingerprint density at radius 3 is 2.61 bits per heavy atom. The van der Waals surface area contributed by atoms with Crippen LogP contribution in [-0.4, -0.2) is 20.7 Å². The number of aromatic nitrogens is 2. The molecule has 0 saturated carbocycles. The molecule has 1 aromatic heterocycles. The number of benzene rings is 1. The van der Waals surface area contributed by atoms with E-state index in [1.54, 1.807) is 13.0 Å². The van der Waals surface area contributed by atoms with Crippen molar-refractivity contribution in [3.05, 3.63) is 41.3 Å². The van der Waals surface area contributed by atoms with Gasteiger partial charge in [-0.25, -0.2) is 9.07 Å². The number of rotatable bonds is 2. The maximum atomic E-state index is 13.1. The van der Waals surface area contributed by atoms with Crippen molar-refractivity contribution in [2.75, 3.05) is 0 Å². The van der Waals surface area contributed by atoms with Crippen LogP contribution in [0.5, 0.6) is 5.88 Å². The molecule has 1 radical (unpaired) electrons. The SMILES string of the molecule is CC(=O)c1c(C)nn(-c2cccc(F)c2)c1O.[Mn]. The number of hydrogen-bond donors (Lipinski definition) is 1. The van der Waals surface area contributed by atoms with Crippen LogP contribution in [0.15, 0.2) is 24.3 Å². The average molecular weight is 289 g/mol. The van der Waals surface area contributed by atoms with Gasteiger partial charge >= 0.3 is 0 Å². The summed E-state index contributed by atoms with van der Waals surface area (Å²) in [7, 11) is 0. The van der Waals surface area contributed by atoms with Crippen molar-refractivity contribution >= 4 is 5.78 Å². The molecule has 0 aliphatic heterocycles. The summed E-state index contributed by atoms with van der Waals surface area (Å²) in [6, 6.07) is 5.63. The van der Waals surface area contributed by atoms with Gasteiger partial charge in [-0.05, 0) is 32.0 Å². The van der Waals surface area contributed by atoms with Gasteiger partial charge in [0.2, 0.25) is 5.88 Å². The number of halogens is 1. The number of carbonyl (C=O) groups excluding carboxylic acids is 1. The zero-order valence-corrected chi connectivity index (χ0v) is 11.0. The average Bonchev–Trinajstić information content (AvgIpc) is 2.54. The Hall–Kier alpha value is -1.65.